The van der Waals surface area contributed by atoms with Gasteiger partial charge in [-0.1, -0.05) is 18.9 Å². The summed E-state index contributed by atoms with van der Waals surface area (Å²) in [7, 11) is 3.12. The number of benzene rings is 1. The first-order valence-electron chi connectivity index (χ1n) is 10.6. The van der Waals surface area contributed by atoms with Gasteiger partial charge in [0.25, 0.3) is 5.91 Å². The third-order valence-electron chi connectivity index (χ3n) is 6.10. The molecular weight excluding hydrogens is 370 g/mol. The van der Waals surface area contributed by atoms with Crippen LogP contribution in [-0.4, -0.2) is 74.6 Å². The number of ether oxygens (including phenoxy) is 2. The highest BCUT2D eigenvalue weighted by molar-refractivity contribution is 5.99. The van der Waals surface area contributed by atoms with E-state index in [4.69, 9.17) is 9.47 Å². The average molecular weight is 404 g/mol. The summed E-state index contributed by atoms with van der Waals surface area (Å²) in [4.78, 5) is 30.1. The minimum absolute atomic E-state index is 0.0875. The zero-order valence-corrected chi connectivity index (χ0v) is 17.8. The molecule has 29 heavy (non-hydrogen) atoms. The van der Waals surface area contributed by atoms with Crippen molar-refractivity contribution in [3.05, 3.63) is 23.8 Å². The molecule has 1 aliphatic heterocycles. The average Bonchev–Trinajstić information content (AvgIpc) is 3.27. The van der Waals surface area contributed by atoms with E-state index in [1.165, 1.54) is 12.8 Å². The van der Waals surface area contributed by atoms with Crippen LogP contribution in [0.2, 0.25) is 0 Å². The van der Waals surface area contributed by atoms with Gasteiger partial charge in [0, 0.05) is 32.7 Å². The number of methoxy groups -OCH3 is 2. The Bertz CT molecular complexity index is 688. The highest BCUT2D eigenvalue weighted by Gasteiger charge is 2.37. The largest absolute Gasteiger partial charge is 0.496 e. The normalized spacial score (nSPS) is 19.1. The molecule has 1 aromatic carbocycles. The minimum atomic E-state index is -0.0885. The van der Waals surface area contributed by atoms with E-state index in [0.29, 0.717) is 55.7 Å². The molecular formula is C22H33N3O4. The van der Waals surface area contributed by atoms with E-state index in [9.17, 15) is 9.59 Å². The molecule has 1 aromatic rings. The number of nitrogens with one attached hydrogen (secondary N) is 1. The predicted molar refractivity (Wildman–Crippen MR) is 111 cm³/mol. The molecule has 0 bridgehead atoms. The van der Waals surface area contributed by atoms with E-state index in [-0.39, 0.29) is 17.9 Å². The lowest BCUT2D eigenvalue weighted by Crippen LogP contribution is -2.58. The van der Waals surface area contributed by atoms with Crippen LogP contribution in [-0.2, 0) is 4.79 Å². The summed E-state index contributed by atoms with van der Waals surface area (Å²) < 4.78 is 10.8. The predicted octanol–water partition coefficient (Wildman–Crippen LogP) is 2.16. The molecule has 1 unspecified atom stereocenters. The molecule has 1 heterocycles. The first-order valence-corrected chi connectivity index (χ1v) is 10.6. The lowest BCUT2D eigenvalue weighted by atomic mass is 9.95. The zero-order chi connectivity index (χ0) is 20.8. The maximum atomic E-state index is 13.2. The van der Waals surface area contributed by atoms with Crippen LogP contribution in [0.25, 0.3) is 0 Å². The molecule has 7 nitrogen and oxygen atoms in total. The van der Waals surface area contributed by atoms with Crippen molar-refractivity contribution in [3.8, 4) is 11.5 Å². The Morgan fingerprint density at radius 1 is 1.07 bits per heavy atom. The molecule has 0 radical (unpaired) electrons. The van der Waals surface area contributed by atoms with Gasteiger partial charge in [-0.05, 0) is 37.8 Å². The van der Waals surface area contributed by atoms with Gasteiger partial charge in [0.05, 0.1) is 20.3 Å². The van der Waals surface area contributed by atoms with Gasteiger partial charge < -0.3 is 19.7 Å². The molecule has 160 valence electrons. The fraction of sp³-hybridized carbons (Fsp3) is 0.636. The van der Waals surface area contributed by atoms with Crippen LogP contribution in [0.5, 0.6) is 11.5 Å². The maximum absolute atomic E-state index is 13.2. The lowest BCUT2D eigenvalue weighted by molar-refractivity contribution is -0.129. The monoisotopic (exact) mass is 403 g/mol. The molecule has 1 atom stereocenters. The fourth-order valence-electron chi connectivity index (χ4n) is 4.65. The van der Waals surface area contributed by atoms with Crippen LogP contribution in [0.1, 0.15) is 43.0 Å². The van der Waals surface area contributed by atoms with E-state index < -0.39 is 0 Å². The summed E-state index contributed by atoms with van der Waals surface area (Å²) in [5, 5.41) is 3.02. The Labute approximate surface area is 173 Å². The molecule has 1 N–H and O–H groups in total. The maximum Gasteiger partial charge on any atom is 0.261 e. The molecule has 2 aliphatic rings. The summed E-state index contributed by atoms with van der Waals surface area (Å²) in [6, 6.07) is 5.27. The molecule has 3 rings (SSSR count). The molecule has 2 fully saturated rings. The summed E-state index contributed by atoms with van der Waals surface area (Å²) in [5.74, 6) is 1.49. The van der Waals surface area contributed by atoms with Gasteiger partial charge in [-0.15, -0.1) is 0 Å². The van der Waals surface area contributed by atoms with Crippen molar-refractivity contribution in [3.63, 3.8) is 0 Å². The number of carbonyl (C=O) groups is 2. The highest BCUT2D eigenvalue weighted by Crippen LogP contribution is 2.32. The summed E-state index contributed by atoms with van der Waals surface area (Å²) in [5.41, 5.74) is 0.460. The van der Waals surface area contributed by atoms with E-state index >= 15 is 0 Å². The van der Waals surface area contributed by atoms with E-state index in [1.807, 2.05) is 17.9 Å². The van der Waals surface area contributed by atoms with E-state index in [1.54, 1.807) is 26.4 Å². The van der Waals surface area contributed by atoms with Gasteiger partial charge in [-0.25, -0.2) is 0 Å². The van der Waals surface area contributed by atoms with Crippen LogP contribution < -0.4 is 14.8 Å². The number of hydrogen-bond donors (Lipinski definition) is 1. The van der Waals surface area contributed by atoms with Crippen LogP contribution >= 0.6 is 0 Å². The molecule has 7 heteroatoms. The third-order valence-corrected chi connectivity index (χ3v) is 6.10. The van der Waals surface area contributed by atoms with Gasteiger partial charge in [0.1, 0.15) is 17.1 Å². The molecule has 0 spiro atoms. The van der Waals surface area contributed by atoms with Crippen LogP contribution in [0, 0.1) is 5.92 Å². The van der Waals surface area contributed by atoms with Gasteiger partial charge in [0.15, 0.2) is 0 Å². The second-order valence-electron chi connectivity index (χ2n) is 7.75. The molecule has 1 aliphatic carbocycles. The summed E-state index contributed by atoms with van der Waals surface area (Å²) >= 11 is 0. The van der Waals surface area contributed by atoms with Crippen molar-refractivity contribution in [1.29, 1.82) is 0 Å². The smallest absolute Gasteiger partial charge is 0.261 e. The van der Waals surface area contributed by atoms with Crippen molar-refractivity contribution in [2.24, 2.45) is 5.92 Å². The van der Waals surface area contributed by atoms with E-state index in [2.05, 4.69) is 10.2 Å². The van der Waals surface area contributed by atoms with Gasteiger partial charge in [-0.3, -0.25) is 14.5 Å². The van der Waals surface area contributed by atoms with Crippen molar-refractivity contribution in [2.45, 2.75) is 38.6 Å². The van der Waals surface area contributed by atoms with Crippen molar-refractivity contribution >= 4 is 11.8 Å². The zero-order valence-electron chi connectivity index (χ0n) is 17.8. The number of carbonyl (C=O) groups excluding carboxylic acids is 2. The lowest BCUT2D eigenvalue weighted by Gasteiger charge is -2.40. The number of hydrogen-bond acceptors (Lipinski definition) is 5. The third kappa shape index (κ3) is 4.66. The quantitative estimate of drug-likeness (QED) is 0.755. The Balaban J connectivity index is 1.71. The van der Waals surface area contributed by atoms with Crippen LogP contribution in [0.15, 0.2) is 18.2 Å². The first-order chi connectivity index (χ1) is 14.1. The van der Waals surface area contributed by atoms with Gasteiger partial charge in [0.2, 0.25) is 5.91 Å². The minimum Gasteiger partial charge on any atom is -0.496 e. The van der Waals surface area contributed by atoms with Crippen molar-refractivity contribution in [2.75, 3.05) is 46.9 Å². The SMILES string of the molecule is CCNC(=O)C(C1CCCC1)N1CCN(C(=O)c2c(OC)cccc2OC)CC1. The number of rotatable bonds is 7. The second kappa shape index (κ2) is 9.96. The Hall–Kier alpha value is -2.28. The summed E-state index contributed by atoms with van der Waals surface area (Å²) in [6.45, 7) is 5.17. The van der Waals surface area contributed by atoms with Crippen LogP contribution in [0.3, 0.4) is 0 Å². The highest BCUT2D eigenvalue weighted by atomic mass is 16.5. The Morgan fingerprint density at radius 3 is 2.17 bits per heavy atom. The Morgan fingerprint density at radius 2 is 1.66 bits per heavy atom. The van der Waals surface area contributed by atoms with Gasteiger partial charge >= 0.3 is 0 Å². The standard InChI is InChI=1S/C22H33N3O4/c1-4-23-21(26)20(16-8-5-6-9-16)24-12-14-25(15-13-24)22(27)19-17(28-2)10-7-11-18(19)29-3/h7,10-11,16,20H,4-6,8-9,12-15H2,1-3H3,(H,23,26). The fourth-order valence-corrected chi connectivity index (χ4v) is 4.65. The second-order valence-corrected chi connectivity index (χ2v) is 7.75. The number of likely N-dealkylation sites (N-methyl/N-ethyl adjacent to an activating group) is 1. The summed E-state index contributed by atoms with van der Waals surface area (Å²) in [6.07, 6.45) is 4.62. The van der Waals surface area contributed by atoms with Gasteiger partial charge in [-0.2, -0.15) is 0 Å². The van der Waals surface area contributed by atoms with Crippen molar-refractivity contribution < 1.29 is 19.1 Å². The van der Waals surface area contributed by atoms with Crippen molar-refractivity contribution in [1.82, 2.24) is 15.1 Å². The topological polar surface area (TPSA) is 71.1 Å². The molecule has 2 amide bonds. The number of nitrogens with zero attached hydrogens (tertiary/aromatic N) is 2. The van der Waals surface area contributed by atoms with E-state index in [0.717, 1.165) is 12.8 Å². The number of amides is 2. The van der Waals surface area contributed by atoms with Crippen LogP contribution in [0.4, 0.5) is 0 Å². The molecule has 1 saturated carbocycles. The Kier molecular flexibility index (Phi) is 7.36. The number of piperazine rings is 1. The first kappa shape index (κ1) is 21.4. The molecule has 0 aromatic heterocycles. The molecule has 1 saturated heterocycles.